The molecule has 1 N–H and O–H groups in total. The molecule has 0 aliphatic heterocycles. The van der Waals surface area contributed by atoms with Gasteiger partial charge in [-0.25, -0.2) is 4.79 Å². The Morgan fingerprint density at radius 2 is 1.31 bits per heavy atom. The molecule has 0 spiro atoms. The first-order chi connectivity index (χ1) is 16.4. The van der Waals surface area contributed by atoms with E-state index in [9.17, 15) is 9.90 Å². The summed E-state index contributed by atoms with van der Waals surface area (Å²) in [6.45, 7) is 16.5. The fraction of sp³-hybridized carbons (Fsp3) is 0.406. The lowest BCUT2D eigenvalue weighted by molar-refractivity contribution is -0.00307. The maximum absolute atomic E-state index is 14.0. The van der Waals surface area contributed by atoms with Crippen molar-refractivity contribution < 1.29 is 14.6 Å². The van der Waals surface area contributed by atoms with Crippen LogP contribution < -0.4 is 0 Å². The third-order valence-electron chi connectivity index (χ3n) is 7.57. The lowest BCUT2D eigenvalue weighted by Crippen LogP contribution is -2.28. The Balaban J connectivity index is 2.34. The maximum atomic E-state index is 14.0. The number of carbonyl (C=O) groups is 1. The monoisotopic (exact) mass is 472 g/mol. The minimum atomic E-state index is -0.814. The van der Waals surface area contributed by atoms with Gasteiger partial charge in [-0.15, -0.1) is 0 Å². The quantitative estimate of drug-likeness (QED) is 0.334. The zero-order valence-electron chi connectivity index (χ0n) is 22.5. The molecule has 0 saturated heterocycles. The Bertz CT molecular complexity index is 1170. The van der Waals surface area contributed by atoms with Crippen LogP contribution in [0.3, 0.4) is 0 Å². The number of esters is 1. The molecular weight excluding hydrogens is 432 g/mol. The molecule has 0 heterocycles. The molecule has 3 aromatic rings. The fourth-order valence-electron chi connectivity index (χ4n) is 4.47. The largest absolute Gasteiger partial charge is 0.507 e. The molecule has 3 heteroatoms. The molecular formula is C32H40O3. The first-order valence-electron chi connectivity index (χ1n) is 12.6. The van der Waals surface area contributed by atoms with Gasteiger partial charge in [0.15, 0.2) is 0 Å². The zero-order valence-corrected chi connectivity index (χ0v) is 22.5. The van der Waals surface area contributed by atoms with E-state index in [-0.39, 0.29) is 22.5 Å². The van der Waals surface area contributed by atoms with E-state index in [1.807, 2.05) is 80.6 Å². The van der Waals surface area contributed by atoms with Gasteiger partial charge in [-0.1, -0.05) is 102 Å². The van der Waals surface area contributed by atoms with Gasteiger partial charge < -0.3 is 9.84 Å². The molecule has 0 atom stereocenters. The number of hydrogen-bond donors (Lipinski definition) is 1. The Morgan fingerprint density at radius 1 is 0.800 bits per heavy atom. The van der Waals surface area contributed by atoms with Crippen LogP contribution in [0.4, 0.5) is 0 Å². The van der Waals surface area contributed by atoms with E-state index >= 15 is 0 Å². The summed E-state index contributed by atoms with van der Waals surface area (Å²) in [6.07, 6.45) is 1.63. The van der Waals surface area contributed by atoms with E-state index in [4.69, 9.17) is 4.74 Å². The van der Waals surface area contributed by atoms with Crippen molar-refractivity contribution in [3.8, 4) is 16.9 Å². The highest BCUT2D eigenvalue weighted by Gasteiger charge is 2.36. The third-order valence-corrected chi connectivity index (χ3v) is 7.57. The van der Waals surface area contributed by atoms with Gasteiger partial charge in [-0.3, -0.25) is 0 Å². The maximum Gasteiger partial charge on any atom is 0.339 e. The molecule has 186 valence electrons. The van der Waals surface area contributed by atoms with Crippen LogP contribution in [0.1, 0.15) is 95.3 Å². The highest BCUT2D eigenvalue weighted by Crippen LogP contribution is 2.48. The number of benzene rings is 3. The summed E-state index contributed by atoms with van der Waals surface area (Å²) >= 11 is 0. The second-order valence-electron chi connectivity index (χ2n) is 11.2. The first kappa shape index (κ1) is 26.5. The smallest absolute Gasteiger partial charge is 0.339 e. The van der Waals surface area contributed by atoms with Gasteiger partial charge in [0.1, 0.15) is 11.4 Å². The van der Waals surface area contributed by atoms with Crippen LogP contribution in [0.2, 0.25) is 0 Å². The molecule has 35 heavy (non-hydrogen) atoms. The van der Waals surface area contributed by atoms with Gasteiger partial charge in [-0.2, -0.15) is 0 Å². The van der Waals surface area contributed by atoms with Crippen molar-refractivity contribution >= 4 is 5.97 Å². The van der Waals surface area contributed by atoms with E-state index < -0.39 is 5.60 Å². The first-order valence-corrected chi connectivity index (χ1v) is 12.6. The molecule has 0 unspecified atom stereocenters. The summed E-state index contributed by atoms with van der Waals surface area (Å²) in [5.74, 6) is -0.111. The van der Waals surface area contributed by atoms with Crippen LogP contribution in [0.5, 0.6) is 5.75 Å². The van der Waals surface area contributed by atoms with E-state index in [1.165, 1.54) is 0 Å². The summed E-state index contributed by atoms with van der Waals surface area (Å²) in [6, 6.07) is 21.5. The molecule has 0 saturated carbocycles. The lowest BCUT2D eigenvalue weighted by atomic mass is 9.71. The zero-order chi connectivity index (χ0) is 26.0. The molecule has 0 fully saturated rings. The van der Waals surface area contributed by atoms with Gasteiger partial charge in [0.2, 0.25) is 0 Å². The van der Waals surface area contributed by atoms with Crippen molar-refractivity contribution in [1.29, 1.82) is 0 Å². The molecule has 0 aliphatic carbocycles. The summed E-state index contributed by atoms with van der Waals surface area (Å²) in [7, 11) is 0. The van der Waals surface area contributed by atoms with Crippen LogP contribution >= 0.6 is 0 Å². The summed E-state index contributed by atoms with van der Waals surface area (Å²) in [5, 5.41) is 11.7. The predicted octanol–water partition coefficient (Wildman–Crippen LogP) is 8.53. The number of phenols is 1. The standard InChI is InChI=1S/C32H40O3/c1-9-30(3,4)25-21-24(29(34)35-32(7,8)23-19-15-12-16-20-23)26(22-17-13-11-14-18-22)27(28(25)33)31(5,6)10-2/h11-21,33H,9-10H2,1-8H3. The predicted molar refractivity (Wildman–Crippen MR) is 145 cm³/mol. The SMILES string of the molecule is CCC(C)(C)c1cc(C(=O)OC(C)(C)c2ccccc2)c(-c2ccccc2)c(C(C)(C)CC)c1O. The number of rotatable bonds is 8. The van der Waals surface area contributed by atoms with Crippen molar-refractivity contribution in [2.75, 3.05) is 0 Å². The minimum Gasteiger partial charge on any atom is -0.507 e. The van der Waals surface area contributed by atoms with Crippen LogP contribution in [-0.2, 0) is 21.2 Å². The Morgan fingerprint density at radius 3 is 1.83 bits per heavy atom. The number of ether oxygens (including phenoxy) is 1. The van der Waals surface area contributed by atoms with Gasteiger partial charge in [0.25, 0.3) is 0 Å². The van der Waals surface area contributed by atoms with Crippen LogP contribution in [-0.4, -0.2) is 11.1 Å². The van der Waals surface area contributed by atoms with Gasteiger partial charge in [-0.05, 0) is 54.7 Å². The second-order valence-corrected chi connectivity index (χ2v) is 11.2. The van der Waals surface area contributed by atoms with E-state index in [2.05, 4.69) is 41.5 Å². The average Bonchev–Trinajstić information content (AvgIpc) is 2.84. The van der Waals surface area contributed by atoms with Crippen LogP contribution in [0.15, 0.2) is 66.7 Å². The second kappa shape index (κ2) is 9.89. The Hall–Kier alpha value is -3.07. The van der Waals surface area contributed by atoms with Gasteiger partial charge >= 0.3 is 5.97 Å². The van der Waals surface area contributed by atoms with Gasteiger partial charge in [0, 0.05) is 16.7 Å². The normalized spacial score (nSPS) is 12.5. The van der Waals surface area contributed by atoms with E-state index in [1.54, 1.807) is 0 Å². The van der Waals surface area contributed by atoms with E-state index in [0.717, 1.165) is 40.7 Å². The highest BCUT2D eigenvalue weighted by molar-refractivity contribution is 6.00. The summed E-state index contributed by atoms with van der Waals surface area (Å²) in [5.41, 5.74) is 3.15. The highest BCUT2D eigenvalue weighted by atomic mass is 16.6. The molecule has 3 aromatic carbocycles. The van der Waals surface area contributed by atoms with Crippen LogP contribution in [0, 0.1) is 0 Å². The minimum absolute atomic E-state index is 0.279. The summed E-state index contributed by atoms with van der Waals surface area (Å²) < 4.78 is 6.19. The van der Waals surface area contributed by atoms with Crippen molar-refractivity contribution in [2.24, 2.45) is 0 Å². The van der Waals surface area contributed by atoms with Crippen molar-refractivity contribution in [2.45, 2.75) is 84.7 Å². The molecule has 0 aliphatic rings. The number of aromatic hydroxyl groups is 1. The van der Waals surface area contributed by atoms with Crippen molar-refractivity contribution in [3.63, 3.8) is 0 Å². The topological polar surface area (TPSA) is 46.5 Å². The lowest BCUT2D eigenvalue weighted by Gasteiger charge is -2.34. The van der Waals surface area contributed by atoms with Gasteiger partial charge in [0.05, 0.1) is 5.56 Å². The van der Waals surface area contributed by atoms with Crippen molar-refractivity contribution in [1.82, 2.24) is 0 Å². The van der Waals surface area contributed by atoms with E-state index in [0.29, 0.717) is 5.56 Å². The molecule has 0 amide bonds. The number of carbonyl (C=O) groups excluding carboxylic acids is 1. The molecule has 0 radical (unpaired) electrons. The summed E-state index contributed by atoms with van der Waals surface area (Å²) in [4.78, 5) is 14.0. The number of phenolic OH excluding ortho intramolecular Hbond substituents is 1. The molecule has 0 aromatic heterocycles. The fourth-order valence-corrected chi connectivity index (χ4v) is 4.47. The third kappa shape index (κ3) is 5.29. The number of hydrogen-bond acceptors (Lipinski definition) is 3. The molecule has 3 nitrogen and oxygen atoms in total. The molecule has 3 rings (SSSR count). The Labute approximate surface area is 211 Å². The van der Waals surface area contributed by atoms with Crippen molar-refractivity contribution in [3.05, 3.63) is 89.0 Å². The molecule has 0 bridgehead atoms. The Kier molecular flexibility index (Phi) is 7.50. The van der Waals surface area contributed by atoms with Crippen LogP contribution in [0.25, 0.3) is 11.1 Å². The average molecular weight is 473 g/mol.